The van der Waals surface area contributed by atoms with Crippen molar-refractivity contribution >= 4 is 64.1 Å². The molecule has 8 amide bonds. The number of carboxylic acids is 1. The van der Waals surface area contributed by atoms with Crippen LogP contribution in [0.4, 0.5) is 0 Å². The number of carboxylic acid groups (broad SMARTS) is 1. The van der Waals surface area contributed by atoms with Crippen LogP contribution in [0.1, 0.15) is 76.5 Å². The minimum absolute atomic E-state index is 0.0409. The number of aliphatic carboxylic acids is 1. The number of nitrogens with two attached hydrogens (primary N) is 3. The Morgan fingerprint density at radius 1 is 0.800 bits per heavy atom. The second-order valence-electron chi connectivity index (χ2n) is 17.3. The molecule has 1 aliphatic heterocycles. The Kier molecular flexibility index (Phi) is 21.7. The monoisotopic (exact) mass is 982 g/mol. The highest BCUT2D eigenvalue weighted by Gasteiger charge is 2.40. The van der Waals surface area contributed by atoms with Crippen molar-refractivity contribution in [3.8, 4) is 0 Å². The van der Waals surface area contributed by atoms with Crippen molar-refractivity contribution in [2.24, 2.45) is 23.1 Å². The van der Waals surface area contributed by atoms with E-state index < -0.39 is 121 Å². The molecule has 25 heteroatoms. The maximum Gasteiger partial charge on any atom is 0.326 e. The summed E-state index contributed by atoms with van der Waals surface area (Å²) in [5, 5.41) is 46.1. The molecule has 3 aromatic rings. The average Bonchev–Trinajstić information content (AvgIpc) is 4.14. The van der Waals surface area contributed by atoms with Crippen LogP contribution in [0, 0.1) is 5.92 Å². The molecule has 17 N–H and O–H groups in total. The Balaban J connectivity index is 1.46. The number of carbonyl (C=O) groups is 9. The number of likely N-dealkylation sites (tertiary alicyclic amines) is 1. The predicted molar refractivity (Wildman–Crippen MR) is 251 cm³/mol. The molecule has 1 aromatic carbocycles. The Hall–Kier alpha value is -6.96. The average molecular weight is 982 g/mol. The van der Waals surface area contributed by atoms with Crippen molar-refractivity contribution < 1.29 is 58.5 Å². The third-order valence-electron chi connectivity index (χ3n) is 12.2. The number of aliphatic hydroxyl groups excluding tert-OH is 2. The van der Waals surface area contributed by atoms with Gasteiger partial charge in [-0.05, 0) is 62.6 Å². The Morgan fingerprint density at radius 2 is 1.44 bits per heavy atom. The molecule has 0 saturated carbocycles. The summed E-state index contributed by atoms with van der Waals surface area (Å²) in [7, 11) is 0. The van der Waals surface area contributed by atoms with Crippen molar-refractivity contribution in [3.05, 3.63) is 54.2 Å². The number of para-hydroxylation sites is 1. The van der Waals surface area contributed by atoms with Gasteiger partial charge in [0.1, 0.15) is 42.3 Å². The minimum atomic E-state index is -1.66. The Bertz CT molecular complexity index is 2270. The van der Waals surface area contributed by atoms with E-state index in [1.165, 1.54) is 17.4 Å². The number of carbonyl (C=O) groups excluding carboxylic acids is 8. The summed E-state index contributed by atoms with van der Waals surface area (Å²) in [5.74, 6) is -8.70. The first-order valence-corrected chi connectivity index (χ1v) is 23.3. The highest BCUT2D eigenvalue weighted by molar-refractivity contribution is 5.98. The van der Waals surface area contributed by atoms with Crippen LogP contribution >= 0.6 is 0 Å². The molecule has 0 radical (unpaired) electrons. The molecule has 0 aliphatic carbocycles. The van der Waals surface area contributed by atoms with Crippen LogP contribution < -0.4 is 49.1 Å². The van der Waals surface area contributed by atoms with Crippen LogP contribution in [-0.4, -0.2) is 163 Å². The van der Waals surface area contributed by atoms with E-state index in [4.69, 9.17) is 17.2 Å². The van der Waals surface area contributed by atoms with Crippen molar-refractivity contribution in [3.63, 3.8) is 0 Å². The van der Waals surface area contributed by atoms with Gasteiger partial charge in [0.2, 0.25) is 47.3 Å². The van der Waals surface area contributed by atoms with Crippen molar-refractivity contribution in [1.29, 1.82) is 0 Å². The zero-order valence-corrected chi connectivity index (χ0v) is 39.3. The number of rotatable bonds is 29. The Morgan fingerprint density at radius 3 is 2.07 bits per heavy atom. The molecule has 1 saturated heterocycles. The van der Waals surface area contributed by atoms with Crippen LogP contribution in [-0.2, 0) is 56.0 Å². The number of amides is 8. The summed E-state index contributed by atoms with van der Waals surface area (Å²) in [4.78, 5) is 130. The number of fused-ring (bicyclic) bond motifs is 1. The normalized spacial score (nSPS) is 16.9. The highest BCUT2D eigenvalue weighted by atomic mass is 16.4. The molecule has 25 nitrogen and oxygen atoms in total. The first kappa shape index (κ1) is 55.6. The molecule has 2 aromatic heterocycles. The van der Waals surface area contributed by atoms with Gasteiger partial charge < -0.3 is 79.3 Å². The number of aliphatic hydroxyl groups is 2. The summed E-state index contributed by atoms with van der Waals surface area (Å²) >= 11 is 0. The zero-order valence-electron chi connectivity index (χ0n) is 39.3. The van der Waals surface area contributed by atoms with Gasteiger partial charge in [0, 0.05) is 54.8 Å². The molecule has 0 spiro atoms. The van der Waals surface area contributed by atoms with Crippen LogP contribution in [0.25, 0.3) is 10.9 Å². The van der Waals surface area contributed by atoms with Gasteiger partial charge in [-0.1, -0.05) is 38.5 Å². The van der Waals surface area contributed by atoms with E-state index in [1.54, 1.807) is 26.1 Å². The maximum absolute atomic E-state index is 14.0. The number of hydrogen-bond acceptors (Lipinski definition) is 14. The lowest BCUT2D eigenvalue weighted by molar-refractivity contribution is -0.145. The van der Waals surface area contributed by atoms with E-state index in [9.17, 15) is 58.5 Å². The summed E-state index contributed by atoms with van der Waals surface area (Å²) in [6.45, 7) is 1.80. The number of H-pyrrole nitrogens is 2. The number of aromatic amines is 2. The van der Waals surface area contributed by atoms with Gasteiger partial charge in [0.05, 0.1) is 25.6 Å². The summed E-state index contributed by atoms with van der Waals surface area (Å²) in [5.41, 5.74) is 19.0. The molecule has 384 valence electrons. The van der Waals surface area contributed by atoms with Gasteiger partial charge in [-0.15, -0.1) is 0 Å². The second kappa shape index (κ2) is 27.3. The third-order valence-corrected chi connectivity index (χ3v) is 12.2. The molecule has 70 heavy (non-hydrogen) atoms. The summed E-state index contributed by atoms with van der Waals surface area (Å²) < 4.78 is 0. The number of imidazole rings is 1. The fourth-order valence-corrected chi connectivity index (χ4v) is 7.95. The molecular formula is C45H67N13O12. The van der Waals surface area contributed by atoms with E-state index in [0.29, 0.717) is 36.9 Å². The minimum Gasteiger partial charge on any atom is -0.480 e. The van der Waals surface area contributed by atoms with Crippen molar-refractivity contribution in [2.45, 2.75) is 126 Å². The van der Waals surface area contributed by atoms with Crippen LogP contribution in [0.5, 0.6) is 0 Å². The topological polar surface area (TPSA) is 412 Å². The van der Waals surface area contributed by atoms with E-state index in [2.05, 4.69) is 46.9 Å². The molecule has 1 fully saturated rings. The quantitative estimate of drug-likeness (QED) is 0.0299. The first-order chi connectivity index (χ1) is 33.4. The molecule has 0 bridgehead atoms. The molecule has 9 atom stereocenters. The number of aromatic nitrogens is 3. The SMILES string of the molecule is CC[C@H](C)[C@H](NC(=O)[C@H](CO)NC(=O)[C@H](Cc1c[nH]c2ccccc12)NC(=O)[C@@H](N)Cc1cnc[nH]1)C(=O)N[C@@H](CO)C(=O)N[C@@H](CCCCN)C(=O)N1CCC[C@H]1C(=O)N[C@@H](CCC(N)=O)C(=O)O. The smallest absolute Gasteiger partial charge is 0.326 e. The highest BCUT2D eigenvalue weighted by Crippen LogP contribution is 2.22. The largest absolute Gasteiger partial charge is 0.480 e. The van der Waals surface area contributed by atoms with Crippen molar-refractivity contribution in [2.75, 3.05) is 26.3 Å². The molecule has 3 heterocycles. The predicted octanol–water partition coefficient (Wildman–Crippen LogP) is -3.59. The number of nitrogens with one attached hydrogen (secondary N) is 8. The lowest BCUT2D eigenvalue weighted by Crippen LogP contribution is -2.62. The fraction of sp³-hybridized carbons (Fsp3) is 0.556. The fourth-order valence-electron chi connectivity index (χ4n) is 7.95. The lowest BCUT2D eigenvalue weighted by Gasteiger charge is -2.31. The standard InChI is InChI=1S/C45H67N13O12/c1-3-24(2)37(57-41(65)34(22-60)55-39(63)32(17-25-19-50-29-10-5-4-9-27(25)29)54-38(62)28(47)18-26-20-49-23-51-26)43(67)56-33(21-59)40(64)52-30(11-6-7-15-46)44(68)58-16-8-12-35(58)42(66)53-31(45(69)70)13-14-36(48)61/h4-5,9-10,19-20,23-24,28,30-35,37,50,59-60H,3,6-8,11-18,21-22,46-47H2,1-2H3,(H2,48,61)(H,49,51)(H,52,64)(H,53,66)(H,54,62)(H,55,63)(H,56,67)(H,57,65)(H,69,70)/t24-,28-,30-,31-,32-,33-,34-,35-,37-/m0/s1. The molecule has 0 unspecified atom stereocenters. The third kappa shape index (κ3) is 15.8. The number of hydrogen-bond donors (Lipinski definition) is 14. The van der Waals surface area contributed by atoms with Crippen molar-refractivity contribution in [1.82, 2.24) is 51.8 Å². The van der Waals surface area contributed by atoms with Gasteiger partial charge in [-0.2, -0.15) is 0 Å². The maximum atomic E-state index is 14.0. The Labute approximate surface area is 403 Å². The number of benzene rings is 1. The number of primary amides is 1. The van der Waals surface area contributed by atoms with Crippen LogP contribution in [0.2, 0.25) is 0 Å². The van der Waals surface area contributed by atoms with E-state index in [1.807, 2.05) is 18.2 Å². The van der Waals surface area contributed by atoms with Gasteiger partial charge >= 0.3 is 5.97 Å². The number of nitrogens with zero attached hydrogens (tertiary/aromatic N) is 2. The zero-order chi connectivity index (χ0) is 51.5. The molecule has 4 rings (SSSR count). The first-order valence-electron chi connectivity index (χ1n) is 23.3. The van der Waals surface area contributed by atoms with E-state index >= 15 is 0 Å². The molecule has 1 aliphatic rings. The van der Waals surface area contributed by atoms with Gasteiger partial charge in [0.25, 0.3) is 0 Å². The van der Waals surface area contributed by atoms with Gasteiger partial charge in [-0.3, -0.25) is 38.4 Å². The number of unbranched alkanes of at least 4 members (excludes halogenated alkanes) is 1. The van der Waals surface area contributed by atoms with E-state index in [-0.39, 0.29) is 51.6 Å². The van der Waals surface area contributed by atoms with Gasteiger partial charge in [-0.25, -0.2) is 9.78 Å². The summed E-state index contributed by atoms with van der Waals surface area (Å²) in [6, 6.07) is -3.68. The van der Waals surface area contributed by atoms with Gasteiger partial charge in [0.15, 0.2) is 0 Å². The van der Waals surface area contributed by atoms with E-state index in [0.717, 1.165) is 10.9 Å². The second-order valence-corrected chi connectivity index (χ2v) is 17.3. The van der Waals surface area contributed by atoms with Crippen LogP contribution in [0.15, 0.2) is 43.0 Å². The lowest BCUT2D eigenvalue weighted by atomic mass is 9.97. The molecular weight excluding hydrogens is 915 g/mol. The summed E-state index contributed by atoms with van der Waals surface area (Å²) in [6.07, 6.45) is 5.73. The van der Waals surface area contributed by atoms with Crippen LogP contribution in [0.3, 0.4) is 0 Å².